The fourth-order valence-corrected chi connectivity index (χ4v) is 4.97. The van der Waals surface area contributed by atoms with Crippen molar-refractivity contribution in [2.24, 2.45) is 5.92 Å². The minimum absolute atomic E-state index is 0.0588. The predicted octanol–water partition coefficient (Wildman–Crippen LogP) is 4.65. The average Bonchev–Trinajstić information content (AvgIpc) is 2.76. The van der Waals surface area contributed by atoms with Gasteiger partial charge in [-0.3, -0.25) is 13.9 Å². The molecule has 35 heavy (non-hydrogen) atoms. The summed E-state index contributed by atoms with van der Waals surface area (Å²) in [6.45, 7) is 7.54. The van der Waals surface area contributed by atoms with Crippen molar-refractivity contribution in [3.05, 3.63) is 63.6 Å². The van der Waals surface area contributed by atoms with Crippen molar-refractivity contribution in [1.82, 2.24) is 10.2 Å². The van der Waals surface area contributed by atoms with Crippen LogP contribution in [-0.4, -0.2) is 50.5 Å². The molecule has 7 nitrogen and oxygen atoms in total. The van der Waals surface area contributed by atoms with Gasteiger partial charge in [0.05, 0.1) is 11.9 Å². The molecular formula is C25H33Cl2N3O4S. The lowest BCUT2D eigenvalue weighted by atomic mass is 10.1. The maximum absolute atomic E-state index is 13.7. The smallest absolute Gasteiger partial charge is 0.244 e. The Morgan fingerprint density at radius 2 is 1.74 bits per heavy atom. The number of rotatable bonds is 11. The molecule has 0 spiro atoms. The molecule has 192 valence electrons. The Labute approximate surface area is 218 Å². The largest absolute Gasteiger partial charge is 0.354 e. The molecule has 1 atom stereocenters. The van der Waals surface area contributed by atoms with Crippen molar-refractivity contribution >= 4 is 50.7 Å². The van der Waals surface area contributed by atoms with E-state index in [-0.39, 0.29) is 18.4 Å². The molecule has 0 aliphatic carbocycles. The van der Waals surface area contributed by atoms with E-state index in [1.165, 1.54) is 4.90 Å². The number of carbonyl (C=O) groups excluding carboxylic acids is 2. The number of sulfonamides is 1. The van der Waals surface area contributed by atoms with Crippen LogP contribution in [0.3, 0.4) is 0 Å². The fourth-order valence-electron chi connectivity index (χ4n) is 3.65. The molecule has 0 radical (unpaired) electrons. The van der Waals surface area contributed by atoms with Gasteiger partial charge >= 0.3 is 0 Å². The van der Waals surface area contributed by atoms with Crippen LogP contribution in [0.5, 0.6) is 0 Å². The first-order chi connectivity index (χ1) is 16.3. The summed E-state index contributed by atoms with van der Waals surface area (Å²) in [6.07, 6.45) is 1.39. The van der Waals surface area contributed by atoms with E-state index in [0.717, 1.165) is 10.6 Å². The SMILES string of the molecule is CC[C@@H](C(=O)NCC(C)C)N(Cc1ccccc1Cl)C(=O)CN(c1ccc(Cl)cc1C)S(C)(=O)=O. The van der Waals surface area contributed by atoms with Crippen LogP contribution in [0.1, 0.15) is 38.3 Å². The molecule has 0 bridgehead atoms. The normalized spacial score (nSPS) is 12.3. The van der Waals surface area contributed by atoms with E-state index >= 15 is 0 Å². The van der Waals surface area contributed by atoms with Crippen LogP contribution in [0.4, 0.5) is 5.69 Å². The first-order valence-electron chi connectivity index (χ1n) is 11.4. The number of hydrogen-bond donors (Lipinski definition) is 1. The summed E-state index contributed by atoms with van der Waals surface area (Å²) in [4.78, 5) is 28.1. The topological polar surface area (TPSA) is 86.8 Å². The lowest BCUT2D eigenvalue weighted by molar-refractivity contribution is -0.140. The fraction of sp³-hybridized carbons (Fsp3) is 0.440. The molecule has 2 aromatic carbocycles. The van der Waals surface area contributed by atoms with Gasteiger partial charge in [-0.1, -0.05) is 62.2 Å². The van der Waals surface area contributed by atoms with E-state index in [0.29, 0.717) is 39.8 Å². The summed E-state index contributed by atoms with van der Waals surface area (Å²) in [6, 6.07) is 11.0. The maximum Gasteiger partial charge on any atom is 0.244 e. The Hall–Kier alpha value is -2.29. The Morgan fingerprint density at radius 3 is 2.29 bits per heavy atom. The number of benzene rings is 2. The summed E-state index contributed by atoms with van der Waals surface area (Å²) in [5, 5.41) is 3.80. The first kappa shape index (κ1) is 28.9. The van der Waals surface area contributed by atoms with Gasteiger partial charge in [0.2, 0.25) is 21.8 Å². The second-order valence-electron chi connectivity index (χ2n) is 8.88. The molecule has 1 N–H and O–H groups in total. The van der Waals surface area contributed by atoms with E-state index in [2.05, 4.69) is 5.32 Å². The third-order valence-corrected chi connectivity index (χ3v) is 7.21. The molecular weight excluding hydrogens is 509 g/mol. The van der Waals surface area contributed by atoms with E-state index in [1.807, 2.05) is 20.8 Å². The van der Waals surface area contributed by atoms with Crippen molar-refractivity contribution in [1.29, 1.82) is 0 Å². The number of amides is 2. The minimum atomic E-state index is -3.82. The number of nitrogens with one attached hydrogen (secondary N) is 1. The lowest BCUT2D eigenvalue weighted by Crippen LogP contribution is -2.52. The van der Waals surface area contributed by atoms with Gasteiger partial charge in [0.25, 0.3) is 0 Å². The van der Waals surface area contributed by atoms with Gasteiger partial charge in [-0.2, -0.15) is 0 Å². The predicted molar refractivity (Wildman–Crippen MR) is 142 cm³/mol. The molecule has 10 heteroatoms. The molecule has 0 saturated heterocycles. The standard InChI is InChI=1S/C25H33Cl2N3O4S/c1-6-22(25(32)28-14-17(2)3)29(15-19-9-7-8-10-21(19)27)24(31)16-30(35(5,33)34)23-12-11-20(26)13-18(23)4/h7-13,17,22H,6,14-16H2,1-5H3,(H,28,32)/t22-/m0/s1. The Bertz CT molecular complexity index is 1160. The lowest BCUT2D eigenvalue weighted by Gasteiger charge is -2.33. The molecule has 0 aliphatic rings. The van der Waals surface area contributed by atoms with Crippen LogP contribution in [0, 0.1) is 12.8 Å². The van der Waals surface area contributed by atoms with Crippen molar-refractivity contribution in [3.8, 4) is 0 Å². The van der Waals surface area contributed by atoms with Gasteiger partial charge in [0.1, 0.15) is 12.6 Å². The highest BCUT2D eigenvalue weighted by Crippen LogP contribution is 2.26. The molecule has 0 saturated carbocycles. The molecule has 0 aliphatic heterocycles. The molecule has 0 fully saturated rings. The highest BCUT2D eigenvalue weighted by molar-refractivity contribution is 7.92. The van der Waals surface area contributed by atoms with Crippen LogP contribution in [0.15, 0.2) is 42.5 Å². The summed E-state index contributed by atoms with van der Waals surface area (Å²) in [7, 11) is -3.82. The molecule has 0 unspecified atom stereocenters. The van der Waals surface area contributed by atoms with E-state index < -0.39 is 28.5 Å². The van der Waals surface area contributed by atoms with Crippen LogP contribution < -0.4 is 9.62 Å². The van der Waals surface area contributed by atoms with Crippen LogP contribution >= 0.6 is 23.2 Å². The van der Waals surface area contributed by atoms with Gasteiger partial charge in [-0.25, -0.2) is 8.42 Å². The summed E-state index contributed by atoms with van der Waals surface area (Å²) in [5.41, 5.74) is 1.61. The number of halogens is 2. The third kappa shape index (κ3) is 8.12. The van der Waals surface area contributed by atoms with Crippen LogP contribution in [0.25, 0.3) is 0 Å². The van der Waals surface area contributed by atoms with Crippen LogP contribution in [0.2, 0.25) is 10.0 Å². The molecule has 0 aromatic heterocycles. The zero-order valence-corrected chi connectivity index (χ0v) is 23.0. The van der Waals surface area contributed by atoms with Crippen LogP contribution in [-0.2, 0) is 26.2 Å². The van der Waals surface area contributed by atoms with Crippen molar-refractivity contribution in [2.75, 3.05) is 23.7 Å². The zero-order valence-electron chi connectivity index (χ0n) is 20.7. The second-order valence-corrected chi connectivity index (χ2v) is 11.6. The van der Waals surface area contributed by atoms with Gasteiger partial charge in [0.15, 0.2) is 0 Å². The molecule has 2 amide bonds. The average molecular weight is 543 g/mol. The Morgan fingerprint density at radius 1 is 1.09 bits per heavy atom. The second kappa shape index (κ2) is 12.6. The minimum Gasteiger partial charge on any atom is -0.354 e. The third-order valence-electron chi connectivity index (χ3n) is 5.48. The molecule has 2 aromatic rings. The van der Waals surface area contributed by atoms with Crippen molar-refractivity contribution in [2.45, 2.75) is 46.7 Å². The molecule has 0 heterocycles. The van der Waals surface area contributed by atoms with Gasteiger partial charge in [-0.05, 0) is 54.7 Å². The van der Waals surface area contributed by atoms with Crippen molar-refractivity contribution in [3.63, 3.8) is 0 Å². The summed E-state index contributed by atoms with van der Waals surface area (Å²) >= 11 is 12.4. The van der Waals surface area contributed by atoms with E-state index in [1.54, 1.807) is 49.4 Å². The summed E-state index contributed by atoms with van der Waals surface area (Å²) < 4.78 is 26.5. The number of carbonyl (C=O) groups is 2. The number of aryl methyl sites for hydroxylation is 1. The zero-order chi connectivity index (χ0) is 26.3. The number of anilines is 1. The quantitative estimate of drug-likeness (QED) is 0.448. The highest BCUT2D eigenvalue weighted by Gasteiger charge is 2.32. The van der Waals surface area contributed by atoms with Gasteiger partial charge in [-0.15, -0.1) is 0 Å². The number of nitrogens with zero attached hydrogens (tertiary/aromatic N) is 2. The monoisotopic (exact) mass is 541 g/mol. The van der Waals surface area contributed by atoms with E-state index in [4.69, 9.17) is 23.2 Å². The van der Waals surface area contributed by atoms with E-state index in [9.17, 15) is 18.0 Å². The maximum atomic E-state index is 13.7. The Kier molecular flexibility index (Phi) is 10.4. The van der Waals surface area contributed by atoms with Gasteiger partial charge < -0.3 is 10.2 Å². The van der Waals surface area contributed by atoms with Gasteiger partial charge in [0, 0.05) is 23.1 Å². The highest BCUT2D eigenvalue weighted by atomic mass is 35.5. The number of hydrogen-bond acceptors (Lipinski definition) is 4. The summed E-state index contributed by atoms with van der Waals surface area (Å²) in [5.74, 6) is -0.579. The molecule has 2 rings (SSSR count). The van der Waals surface area contributed by atoms with Crippen molar-refractivity contribution < 1.29 is 18.0 Å². The first-order valence-corrected chi connectivity index (χ1v) is 14.0. The Balaban J connectivity index is 2.47.